The molecule has 236 valence electrons. The highest BCUT2D eigenvalue weighted by molar-refractivity contribution is 5.93. The van der Waals surface area contributed by atoms with Crippen molar-refractivity contribution >= 4 is 11.9 Å². The molecule has 0 fully saturated rings. The Morgan fingerprint density at radius 2 is 0.902 bits per heavy atom. The number of ether oxygens (including phenoxy) is 2. The Labute approximate surface area is 238 Å². The molecule has 0 saturated carbocycles. The maximum atomic E-state index is 13.3. The van der Waals surface area contributed by atoms with Gasteiger partial charge in [-0.3, -0.25) is 0 Å². The number of unbranched alkanes of at least 4 members (excludes halogenated alkanes) is 15. The number of carbonyl (C=O) groups excluding carboxylic acids is 2. The van der Waals surface area contributed by atoms with Crippen LogP contribution in [0.2, 0.25) is 0 Å². The Morgan fingerprint density at radius 1 is 0.561 bits per heavy atom. The van der Waals surface area contributed by atoms with Crippen LogP contribution in [0.25, 0.3) is 0 Å². The quantitative estimate of drug-likeness (QED) is 0.0755. The van der Waals surface area contributed by atoms with Crippen LogP contribution in [-0.4, -0.2) is 43.2 Å². The molecular weight excluding hydrogens is 557 g/mol. The van der Waals surface area contributed by atoms with Crippen molar-refractivity contribution in [2.75, 3.05) is 13.2 Å². The van der Waals surface area contributed by atoms with Crippen LogP contribution in [0.5, 0.6) is 0 Å². The molecule has 0 radical (unpaired) electrons. The molecule has 0 heterocycles. The first kappa shape index (κ1) is 36.7. The van der Waals surface area contributed by atoms with Gasteiger partial charge in [0, 0.05) is 0 Å². The lowest BCUT2D eigenvalue weighted by Crippen LogP contribution is -2.54. The molecule has 0 bridgehead atoms. The predicted octanol–water partition coefficient (Wildman–Crippen LogP) is 10.1. The second kappa shape index (κ2) is 19.0. The van der Waals surface area contributed by atoms with Crippen LogP contribution in [0.1, 0.15) is 130 Å². The third-order valence-electron chi connectivity index (χ3n) is 6.79. The second-order valence-electron chi connectivity index (χ2n) is 10.4. The summed E-state index contributed by atoms with van der Waals surface area (Å²) in [6, 6.07) is 4.26. The van der Waals surface area contributed by atoms with Gasteiger partial charge in [-0.1, -0.05) is 103 Å². The minimum absolute atomic E-state index is 0.0481. The van der Waals surface area contributed by atoms with Gasteiger partial charge in [0.1, 0.15) is 0 Å². The van der Waals surface area contributed by atoms with Crippen LogP contribution in [-0.2, 0) is 9.47 Å². The van der Waals surface area contributed by atoms with Crippen molar-refractivity contribution in [1.82, 2.24) is 0 Å². The molecule has 1 aromatic carbocycles. The van der Waals surface area contributed by atoms with Gasteiger partial charge in [0.25, 0.3) is 0 Å². The third-order valence-corrected chi connectivity index (χ3v) is 6.79. The van der Waals surface area contributed by atoms with Crippen LogP contribution >= 0.6 is 0 Å². The average Bonchev–Trinajstić information content (AvgIpc) is 2.92. The summed E-state index contributed by atoms with van der Waals surface area (Å²) in [5.74, 6) is -14.3. The average molecular weight is 601 g/mol. The summed E-state index contributed by atoms with van der Waals surface area (Å²) >= 11 is 0. The van der Waals surface area contributed by atoms with Crippen LogP contribution in [0.15, 0.2) is 24.3 Å². The summed E-state index contributed by atoms with van der Waals surface area (Å²) in [5, 5.41) is 0. The van der Waals surface area contributed by atoms with E-state index >= 15 is 0 Å². The van der Waals surface area contributed by atoms with Crippen LogP contribution in [0, 0.1) is 0 Å². The first-order valence-corrected chi connectivity index (χ1v) is 14.6. The standard InChI is InChI=1S/C30H43F7O4/c1-2-3-4-5-6-7-8-9-10-11-12-13-14-15-16-17-22-40-26(38)24-18-20-25(21-19-24)27(39)41-23-28(31,32)29(33,34)30(35,36)37/h18-21H,2-17,22-23H2,1H3. The first-order valence-electron chi connectivity index (χ1n) is 14.6. The number of carbonyl (C=O) groups is 2. The number of esters is 2. The van der Waals surface area contributed by atoms with E-state index in [1.807, 2.05) is 0 Å². The lowest BCUT2D eigenvalue weighted by molar-refractivity contribution is -0.359. The van der Waals surface area contributed by atoms with E-state index in [4.69, 9.17) is 4.74 Å². The molecule has 0 aliphatic heterocycles. The predicted molar refractivity (Wildman–Crippen MR) is 143 cm³/mol. The van der Waals surface area contributed by atoms with E-state index in [0.717, 1.165) is 43.5 Å². The smallest absolute Gasteiger partial charge is 0.460 e. The van der Waals surface area contributed by atoms with Crippen LogP contribution in [0.3, 0.4) is 0 Å². The maximum absolute atomic E-state index is 13.3. The van der Waals surface area contributed by atoms with Crippen molar-refractivity contribution < 1.29 is 49.8 Å². The molecule has 4 nitrogen and oxygen atoms in total. The minimum Gasteiger partial charge on any atom is -0.462 e. The molecule has 0 amide bonds. The van der Waals surface area contributed by atoms with E-state index in [-0.39, 0.29) is 12.2 Å². The van der Waals surface area contributed by atoms with Gasteiger partial charge in [-0.25, -0.2) is 9.59 Å². The van der Waals surface area contributed by atoms with E-state index in [2.05, 4.69) is 11.7 Å². The highest BCUT2D eigenvalue weighted by Gasteiger charge is 2.73. The molecular formula is C30H43F7O4. The number of halogens is 7. The largest absolute Gasteiger partial charge is 0.462 e. The van der Waals surface area contributed by atoms with E-state index in [9.17, 15) is 40.3 Å². The van der Waals surface area contributed by atoms with Crippen LogP contribution in [0.4, 0.5) is 30.7 Å². The minimum atomic E-state index is -6.52. The van der Waals surface area contributed by atoms with E-state index in [1.165, 1.54) is 77.0 Å². The number of alkyl halides is 7. The Hall–Kier alpha value is -2.33. The van der Waals surface area contributed by atoms with E-state index in [1.54, 1.807) is 0 Å². The van der Waals surface area contributed by atoms with Gasteiger partial charge in [-0.2, -0.15) is 30.7 Å². The van der Waals surface area contributed by atoms with E-state index < -0.39 is 42.1 Å². The van der Waals surface area contributed by atoms with Gasteiger partial charge in [0.15, 0.2) is 6.61 Å². The molecule has 0 atom stereocenters. The summed E-state index contributed by atoms with van der Waals surface area (Å²) in [5.41, 5.74) is -0.363. The zero-order valence-corrected chi connectivity index (χ0v) is 23.8. The fourth-order valence-electron chi connectivity index (χ4n) is 4.18. The molecule has 0 aromatic heterocycles. The van der Waals surface area contributed by atoms with E-state index in [0.29, 0.717) is 6.42 Å². The normalized spacial score (nSPS) is 12.4. The lowest BCUT2D eigenvalue weighted by Gasteiger charge is -2.27. The molecule has 0 saturated heterocycles. The van der Waals surface area contributed by atoms with Gasteiger partial charge in [-0.15, -0.1) is 0 Å². The Kier molecular flexibility index (Phi) is 17.0. The van der Waals surface area contributed by atoms with Gasteiger partial charge >= 0.3 is 30.0 Å². The van der Waals surface area contributed by atoms with Crippen molar-refractivity contribution in [2.24, 2.45) is 0 Å². The third kappa shape index (κ3) is 13.9. The number of hydrogen-bond donors (Lipinski definition) is 0. The molecule has 0 aliphatic carbocycles. The number of rotatable bonds is 22. The molecule has 0 aliphatic rings. The first-order chi connectivity index (χ1) is 19.3. The summed E-state index contributed by atoms with van der Waals surface area (Å²) in [7, 11) is 0. The van der Waals surface area contributed by atoms with Gasteiger partial charge < -0.3 is 9.47 Å². The summed E-state index contributed by atoms with van der Waals surface area (Å²) in [4.78, 5) is 23.9. The molecule has 0 N–H and O–H groups in total. The van der Waals surface area contributed by atoms with Crippen molar-refractivity contribution in [2.45, 2.75) is 128 Å². The monoisotopic (exact) mass is 600 g/mol. The van der Waals surface area contributed by atoms with Crippen molar-refractivity contribution in [3.63, 3.8) is 0 Å². The SMILES string of the molecule is CCCCCCCCCCCCCCCCCCOC(=O)c1ccc(C(=O)OCC(F)(F)C(F)(F)C(F)(F)F)cc1. The number of hydrogen-bond acceptors (Lipinski definition) is 4. The summed E-state index contributed by atoms with van der Waals surface area (Å²) in [6.45, 7) is -0.0427. The lowest BCUT2D eigenvalue weighted by atomic mass is 10.0. The molecule has 11 heteroatoms. The maximum Gasteiger partial charge on any atom is 0.460 e. The van der Waals surface area contributed by atoms with Crippen molar-refractivity contribution in [1.29, 1.82) is 0 Å². The molecule has 1 rings (SSSR count). The number of benzene rings is 1. The van der Waals surface area contributed by atoms with Crippen molar-refractivity contribution in [3.8, 4) is 0 Å². The molecule has 41 heavy (non-hydrogen) atoms. The highest BCUT2D eigenvalue weighted by atomic mass is 19.4. The zero-order chi connectivity index (χ0) is 30.8. The fraction of sp³-hybridized carbons (Fsp3) is 0.733. The van der Waals surface area contributed by atoms with Crippen LogP contribution < -0.4 is 0 Å². The van der Waals surface area contributed by atoms with Gasteiger partial charge in [0.05, 0.1) is 17.7 Å². The molecule has 1 aromatic rings. The zero-order valence-electron chi connectivity index (χ0n) is 23.8. The summed E-state index contributed by atoms with van der Waals surface area (Å²) < 4.78 is 98.0. The topological polar surface area (TPSA) is 52.6 Å². The fourth-order valence-corrected chi connectivity index (χ4v) is 4.18. The second-order valence-corrected chi connectivity index (χ2v) is 10.4. The van der Waals surface area contributed by atoms with Gasteiger partial charge in [-0.05, 0) is 30.7 Å². The Balaban J connectivity index is 2.15. The van der Waals surface area contributed by atoms with Gasteiger partial charge in [0.2, 0.25) is 0 Å². The Bertz CT molecular complexity index is 871. The summed E-state index contributed by atoms with van der Waals surface area (Å²) in [6.07, 6.45) is 12.9. The van der Waals surface area contributed by atoms with Crippen molar-refractivity contribution in [3.05, 3.63) is 35.4 Å². The Morgan fingerprint density at radius 3 is 1.27 bits per heavy atom. The highest BCUT2D eigenvalue weighted by Crippen LogP contribution is 2.46. The molecule has 0 spiro atoms. The molecule has 0 unspecified atom stereocenters.